The molecule has 2 heterocycles. The van der Waals surface area contributed by atoms with Crippen LogP contribution in [0.4, 0.5) is 0 Å². The molecule has 1 aliphatic rings. The number of hydrogen-bond acceptors (Lipinski definition) is 1. The van der Waals surface area contributed by atoms with E-state index in [1.807, 2.05) is 0 Å². The van der Waals surface area contributed by atoms with Crippen LogP contribution < -0.4 is 0 Å². The van der Waals surface area contributed by atoms with Crippen molar-refractivity contribution in [3.8, 4) is 0 Å². The summed E-state index contributed by atoms with van der Waals surface area (Å²) in [5.74, 6) is -0.721. The van der Waals surface area contributed by atoms with Gasteiger partial charge in [0.1, 0.15) is 0 Å². The van der Waals surface area contributed by atoms with Crippen molar-refractivity contribution in [1.29, 1.82) is 0 Å². The number of carbonyl (C=O) groups is 1. The average Bonchev–Trinajstić information content (AvgIpc) is 2.63. The fourth-order valence-corrected chi connectivity index (χ4v) is 3.14. The molecule has 1 aliphatic heterocycles. The molecule has 0 fully saturated rings. The second-order valence-electron chi connectivity index (χ2n) is 5.03. The Kier molecular flexibility index (Phi) is 2.62. The summed E-state index contributed by atoms with van der Waals surface area (Å²) < 4.78 is 2.37. The number of para-hydroxylation sites is 1. The molecule has 3 heteroatoms. The van der Waals surface area contributed by atoms with E-state index in [0.717, 1.165) is 13.0 Å². The van der Waals surface area contributed by atoms with Gasteiger partial charge in [0.05, 0.1) is 5.52 Å². The molecule has 94 valence electrons. The molecule has 0 bridgehead atoms. The number of benzene rings is 1. The maximum atomic E-state index is 10.8. The first-order valence-corrected chi connectivity index (χ1v) is 6.50. The van der Waals surface area contributed by atoms with Gasteiger partial charge < -0.3 is 9.67 Å². The molecular formula is C15H17NO2. The lowest BCUT2D eigenvalue weighted by Gasteiger charge is -2.16. The molecule has 1 N–H and O–H groups in total. The smallest absolute Gasteiger partial charge is 0.303 e. The van der Waals surface area contributed by atoms with Gasteiger partial charge in [0.2, 0.25) is 0 Å². The highest BCUT2D eigenvalue weighted by Gasteiger charge is 2.19. The molecule has 0 unspecified atom stereocenters. The molecular weight excluding hydrogens is 226 g/mol. The molecule has 0 spiro atoms. The number of aryl methyl sites for hydroxylation is 3. The number of aliphatic carboxylic acids is 1. The van der Waals surface area contributed by atoms with Gasteiger partial charge in [0.25, 0.3) is 0 Å². The minimum absolute atomic E-state index is 0.212. The third-order valence-electron chi connectivity index (χ3n) is 3.97. The topological polar surface area (TPSA) is 42.2 Å². The Morgan fingerprint density at radius 3 is 3.06 bits per heavy atom. The Hall–Kier alpha value is -1.77. The highest BCUT2D eigenvalue weighted by Crippen LogP contribution is 2.33. The first-order valence-electron chi connectivity index (χ1n) is 6.50. The maximum Gasteiger partial charge on any atom is 0.303 e. The van der Waals surface area contributed by atoms with Crippen LogP contribution in [0, 0.1) is 6.92 Å². The first kappa shape index (κ1) is 11.3. The second-order valence-corrected chi connectivity index (χ2v) is 5.03. The zero-order valence-corrected chi connectivity index (χ0v) is 10.6. The summed E-state index contributed by atoms with van der Waals surface area (Å²) >= 11 is 0. The van der Waals surface area contributed by atoms with Crippen molar-refractivity contribution < 1.29 is 9.90 Å². The lowest BCUT2D eigenvalue weighted by atomic mass is 10.0. The van der Waals surface area contributed by atoms with Crippen LogP contribution in [0.3, 0.4) is 0 Å². The summed E-state index contributed by atoms with van der Waals surface area (Å²) in [5.41, 5.74) is 5.21. The second kappa shape index (κ2) is 4.16. The molecule has 18 heavy (non-hydrogen) atoms. The van der Waals surface area contributed by atoms with Crippen LogP contribution >= 0.6 is 0 Å². The van der Waals surface area contributed by atoms with Gasteiger partial charge in [0.15, 0.2) is 0 Å². The zero-order chi connectivity index (χ0) is 12.7. The number of rotatable bonds is 3. The molecule has 0 saturated carbocycles. The lowest BCUT2D eigenvalue weighted by Crippen LogP contribution is -2.08. The van der Waals surface area contributed by atoms with Crippen molar-refractivity contribution in [1.82, 2.24) is 4.57 Å². The molecule has 2 aromatic rings. The summed E-state index contributed by atoms with van der Waals surface area (Å²) in [6, 6.07) is 6.42. The van der Waals surface area contributed by atoms with Gasteiger partial charge >= 0.3 is 5.97 Å². The van der Waals surface area contributed by atoms with Crippen molar-refractivity contribution in [2.75, 3.05) is 0 Å². The summed E-state index contributed by atoms with van der Waals surface area (Å²) in [5, 5.41) is 10.1. The third-order valence-corrected chi connectivity index (χ3v) is 3.97. The standard InChI is InChI=1S/C15H17NO2/c1-10-12(7-8-14(17)18)13-6-2-4-11-5-3-9-16(10)15(11)13/h2,4,6H,3,5,7-9H2,1H3,(H,17,18). The Morgan fingerprint density at radius 1 is 1.44 bits per heavy atom. The molecule has 3 nitrogen and oxygen atoms in total. The van der Waals surface area contributed by atoms with E-state index in [-0.39, 0.29) is 6.42 Å². The number of hydrogen-bond donors (Lipinski definition) is 1. The predicted octanol–water partition coefficient (Wildman–Crippen LogP) is 2.91. The van der Waals surface area contributed by atoms with E-state index in [2.05, 4.69) is 29.7 Å². The Labute approximate surface area is 106 Å². The van der Waals surface area contributed by atoms with Crippen molar-refractivity contribution in [3.63, 3.8) is 0 Å². The number of carboxylic acid groups (broad SMARTS) is 1. The molecule has 0 aliphatic carbocycles. The maximum absolute atomic E-state index is 10.8. The highest BCUT2D eigenvalue weighted by atomic mass is 16.4. The molecule has 1 aromatic heterocycles. The quantitative estimate of drug-likeness (QED) is 0.900. The van der Waals surface area contributed by atoms with Crippen LogP contribution in [0.1, 0.15) is 29.7 Å². The average molecular weight is 243 g/mol. The Morgan fingerprint density at radius 2 is 2.28 bits per heavy atom. The summed E-state index contributed by atoms with van der Waals surface area (Å²) in [4.78, 5) is 10.8. The van der Waals surface area contributed by atoms with Crippen LogP contribution in [0.2, 0.25) is 0 Å². The van der Waals surface area contributed by atoms with E-state index in [1.54, 1.807) is 0 Å². The van der Waals surface area contributed by atoms with E-state index in [4.69, 9.17) is 5.11 Å². The van der Waals surface area contributed by atoms with Gasteiger partial charge in [-0.05, 0) is 37.3 Å². The monoisotopic (exact) mass is 243 g/mol. The molecule has 0 radical (unpaired) electrons. The minimum atomic E-state index is -0.721. The van der Waals surface area contributed by atoms with Gasteiger partial charge in [-0.25, -0.2) is 0 Å². The molecule has 0 amide bonds. The van der Waals surface area contributed by atoms with Crippen molar-refractivity contribution in [2.45, 2.75) is 39.2 Å². The van der Waals surface area contributed by atoms with E-state index in [0.29, 0.717) is 6.42 Å². The van der Waals surface area contributed by atoms with E-state index in [9.17, 15) is 4.79 Å². The minimum Gasteiger partial charge on any atom is -0.481 e. The predicted molar refractivity (Wildman–Crippen MR) is 71.0 cm³/mol. The molecule has 0 atom stereocenters. The number of carboxylic acids is 1. The SMILES string of the molecule is Cc1c(CCC(=O)O)c2cccc3c2n1CCC3. The molecule has 3 rings (SSSR count). The van der Waals surface area contributed by atoms with Gasteiger partial charge in [-0.3, -0.25) is 4.79 Å². The van der Waals surface area contributed by atoms with Crippen LogP contribution in [0.5, 0.6) is 0 Å². The van der Waals surface area contributed by atoms with Crippen LogP contribution in [0.15, 0.2) is 18.2 Å². The zero-order valence-electron chi connectivity index (χ0n) is 10.6. The van der Waals surface area contributed by atoms with Gasteiger partial charge in [0, 0.05) is 24.0 Å². The fourth-order valence-electron chi connectivity index (χ4n) is 3.14. The summed E-state index contributed by atoms with van der Waals surface area (Å²) in [7, 11) is 0. The van der Waals surface area contributed by atoms with Crippen molar-refractivity contribution in [2.24, 2.45) is 0 Å². The van der Waals surface area contributed by atoms with E-state index < -0.39 is 5.97 Å². The van der Waals surface area contributed by atoms with Crippen LogP contribution in [-0.4, -0.2) is 15.6 Å². The number of aromatic nitrogens is 1. The van der Waals surface area contributed by atoms with Crippen LogP contribution in [0.25, 0.3) is 10.9 Å². The fraction of sp³-hybridized carbons (Fsp3) is 0.400. The van der Waals surface area contributed by atoms with Gasteiger partial charge in [-0.1, -0.05) is 18.2 Å². The van der Waals surface area contributed by atoms with Crippen molar-refractivity contribution >= 4 is 16.9 Å². The van der Waals surface area contributed by atoms with Gasteiger partial charge in [-0.2, -0.15) is 0 Å². The largest absolute Gasteiger partial charge is 0.481 e. The number of nitrogens with zero attached hydrogens (tertiary/aromatic N) is 1. The summed E-state index contributed by atoms with van der Waals surface area (Å²) in [6.45, 7) is 3.18. The van der Waals surface area contributed by atoms with Crippen LogP contribution in [-0.2, 0) is 24.2 Å². The first-order chi connectivity index (χ1) is 8.68. The van der Waals surface area contributed by atoms with E-state index >= 15 is 0 Å². The van der Waals surface area contributed by atoms with E-state index in [1.165, 1.54) is 34.1 Å². The normalized spacial score (nSPS) is 14.1. The highest BCUT2D eigenvalue weighted by molar-refractivity contribution is 5.89. The van der Waals surface area contributed by atoms with Gasteiger partial charge in [-0.15, -0.1) is 0 Å². The lowest BCUT2D eigenvalue weighted by molar-refractivity contribution is -0.136. The molecule has 1 aromatic carbocycles. The third kappa shape index (κ3) is 1.62. The Bertz CT molecular complexity index is 625. The summed E-state index contributed by atoms with van der Waals surface area (Å²) in [6.07, 6.45) is 3.16. The van der Waals surface area contributed by atoms with Crippen molar-refractivity contribution in [3.05, 3.63) is 35.0 Å². The Balaban J connectivity index is 2.17. The molecule has 0 saturated heterocycles.